The van der Waals surface area contributed by atoms with Gasteiger partial charge in [0.1, 0.15) is 0 Å². The van der Waals surface area contributed by atoms with Gasteiger partial charge in [0.15, 0.2) is 6.29 Å². The molecule has 8 rings (SSSR count). The van der Waals surface area contributed by atoms with Crippen LogP contribution in [-0.4, -0.2) is 6.29 Å². The maximum absolute atomic E-state index is 11.2. The summed E-state index contributed by atoms with van der Waals surface area (Å²) in [7, 11) is 0. The van der Waals surface area contributed by atoms with Gasteiger partial charge in [0.2, 0.25) is 0 Å². The quantitative estimate of drug-likeness (QED) is 0.156. The lowest BCUT2D eigenvalue weighted by Gasteiger charge is -2.11. The number of carbonyl (C=O) groups is 1. The Bertz CT molecular complexity index is 2000. The summed E-state index contributed by atoms with van der Waals surface area (Å²) in [6.07, 6.45) is 0.936. The molecule has 0 saturated carbocycles. The molecule has 2 heteroatoms. The van der Waals surface area contributed by atoms with Crippen LogP contribution < -0.4 is 5.73 Å². The summed E-state index contributed by atoms with van der Waals surface area (Å²) in [6.45, 7) is 0. The monoisotopic (exact) mass is 447 g/mol. The van der Waals surface area contributed by atoms with Crippen LogP contribution >= 0.6 is 0 Å². The van der Waals surface area contributed by atoms with E-state index in [1.54, 1.807) is 0 Å². The van der Waals surface area contributed by atoms with Crippen molar-refractivity contribution in [1.82, 2.24) is 0 Å². The molecule has 2 N–H and O–H groups in total. The highest BCUT2D eigenvalue weighted by Gasteiger charge is 2.10. The topological polar surface area (TPSA) is 43.1 Å². The minimum absolute atomic E-state index is 0.765. The molecular weight excluding hydrogens is 426 g/mol. The Morgan fingerprint density at radius 3 is 1.37 bits per heavy atom. The molecule has 0 aromatic heterocycles. The van der Waals surface area contributed by atoms with Crippen molar-refractivity contribution in [2.24, 2.45) is 0 Å². The van der Waals surface area contributed by atoms with Crippen LogP contribution in [0.15, 0.2) is 109 Å². The first kappa shape index (κ1) is 19.7. The minimum Gasteiger partial charge on any atom is -0.398 e. The number of aldehydes is 1. The van der Waals surface area contributed by atoms with Crippen LogP contribution in [-0.2, 0) is 0 Å². The summed E-state index contributed by atoms with van der Waals surface area (Å²) < 4.78 is 0. The molecular formula is C33H21NO. The van der Waals surface area contributed by atoms with Gasteiger partial charge in [-0.3, -0.25) is 4.79 Å². The number of anilines is 1. The minimum atomic E-state index is 0.765. The molecule has 0 heterocycles. The number of rotatable bonds is 1. The second kappa shape index (κ2) is 7.41. The lowest BCUT2D eigenvalue weighted by atomic mass is 9.92. The van der Waals surface area contributed by atoms with Gasteiger partial charge in [-0.1, -0.05) is 103 Å². The van der Waals surface area contributed by atoms with Gasteiger partial charge < -0.3 is 5.73 Å². The first-order chi connectivity index (χ1) is 17.2. The van der Waals surface area contributed by atoms with E-state index in [0.29, 0.717) is 0 Å². The number of nitrogens with two attached hydrogens (primary N) is 1. The Morgan fingerprint density at radius 2 is 0.829 bits per heavy atom. The number of benzene rings is 8. The van der Waals surface area contributed by atoms with Gasteiger partial charge in [0.05, 0.1) is 0 Å². The van der Waals surface area contributed by atoms with Crippen LogP contribution in [0, 0.1) is 0 Å². The predicted molar refractivity (Wildman–Crippen MR) is 150 cm³/mol. The summed E-state index contributed by atoms with van der Waals surface area (Å²) in [5, 5.41) is 14.8. The molecule has 0 saturated heterocycles. The fraction of sp³-hybridized carbons (Fsp3) is 0. The van der Waals surface area contributed by atoms with Gasteiger partial charge in [0, 0.05) is 16.6 Å². The van der Waals surface area contributed by atoms with Crippen molar-refractivity contribution in [3.05, 3.63) is 115 Å². The van der Waals surface area contributed by atoms with Crippen molar-refractivity contribution >= 4 is 76.6 Å². The fourth-order valence-electron chi connectivity index (χ4n) is 5.62. The fourth-order valence-corrected chi connectivity index (χ4v) is 5.62. The Morgan fingerprint density at radius 1 is 0.429 bits per heavy atom. The van der Waals surface area contributed by atoms with Crippen molar-refractivity contribution < 1.29 is 4.79 Å². The molecule has 0 aliphatic carbocycles. The van der Waals surface area contributed by atoms with Crippen molar-refractivity contribution in [1.29, 1.82) is 0 Å². The van der Waals surface area contributed by atoms with E-state index in [2.05, 4.69) is 84.9 Å². The highest BCUT2D eigenvalue weighted by atomic mass is 16.1. The van der Waals surface area contributed by atoms with E-state index in [-0.39, 0.29) is 0 Å². The smallest absolute Gasteiger partial charge is 0.150 e. The van der Waals surface area contributed by atoms with E-state index in [4.69, 9.17) is 5.73 Å². The molecule has 8 aromatic carbocycles. The molecule has 0 fully saturated rings. The van der Waals surface area contributed by atoms with Crippen LogP contribution in [0.1, 0.15) is 10.4 Å². The van der Waals surface area contributed by atoms with Gasteiger partial charge >= 0.3 is 0 Å². The number of nitrogen functional groups attached to an aromatic ring is 1. The lowest BCUT2D eigenvalue weighted by molar-refractivity contribution is 0.112. The average molecular weight is 448 g/mol. The second-order valence-electron chi connectivity index (χ2n) is 9.14. The van der Waals surface area contributed by atoms with Crippen LogP contribution in [0.25, 0.3) is 64.6 Å². The van der Waals surface area contributed by atoms with E-state index in [9.17, 15) is 4.79 Å². The first-order valence-corrected chi connectivity index (χ1v) is 11.8. The molecule has 0 aliphatic heterocycles. The van der Waals surface area contributed by atoms with Gasteiger partial charge in [-0.05, 0) is 65.3 Å². The van der Waals surface area contributed by atoms with Crippen molar-refractivity contribution in [3.8, 4) is 0 Å². The maximum Gasteiger partial charge on any atom is 0.150 e. The molecule has 0 radical (unpaired) electrons. The molecule has 35 heavy (non-hydrogen) atoms. The summed E-state index contributed by atoms with van der Waals surface area (Å²) in [5.74, 6) is 0. The summed E-state index contributed by atoms with van der Waals surface area (Å²) >= 11 is 0. The van der Waals surface area contributed by atoms with E-state index in [1.807, 2.05) is 24.3 Å². The molecule has 0 amide bonds. The molecule has 2 nitrogen and oxygen atoms in total. The summed E-state index contributed by atoms with van der Waals surface area (Å²) in [6, 6.07) is 37.8. The zero-order valence-corrected chi connectivity index (χ0v) is 19.0. The van der Waals surface area contributed by atoms with E-state index < -0.39 is 0 Å². The zero-order chi connectivity index (χ0) is 23.5. The third-order valence-corrected chi connectivity index (χ3v) is 7.25. The van der Waals surface area contributed by atoms with E-state index >= 15 is 0 Å². The molecule has 0 bridgehead atoms. The summed E-state index contributed by atoms with van der Waals surface area (Å²) in [5.41, 5.74) is 7.69. The number of hydrogen-bond donors (Lipinski definition) is 1. The summed E-state index contributed by atoms with van der Waals surface area (Å²) in [4.78, 5) is 11.2. The third-order valence-electron chi connectivity index (χ3n) is 7.25. The molecule has 0 spiro atoms. The van der Waals surface area contributed by atoms with Crippen molar-refractivity contribution in [2.45, 2.75) is 0 Å². The highest BCUT2D eigenvalue weighted by molar-refractivity contribution is 6.26. The SMILES string of the molecule is Nc1ccc2ccc3cccc4ccc1c2c34.O=Cc1ccc2ccc3cccc4ccc1c2c34. The second-order valence-corrected chi connectivity index (χ2v) is 9.14. The first-order valence-electron chi connectivity index (χ1n) is 11.8. The van der Waals surface area contributed by atoms with Crippen LogP contribution in [0.3, 0.4) is 0 Å². The Kier molecular flexibility index (Phi) is 4.18. The van der Waals surface area contributed by atoms with Crippen molar-refractivity contribution in [3.63, 3.8) is 0 Å². The van der Waals surface area contributed by atoms with Crippen LogP contribution in [0.5, 0.6) is 0 Å². The largest absolute Gasteiger partial charge is 0.398 e. The molecule has 164 valence electrons. The average Bonchev–Trinajstić information content (AvgIpc) is 2.92. The van der Waals surface area contributed by atoms with Gasteiger partial charge in [-0.25, -0.2) is 0 Å². The molecule has 8 aromatic rings. The predicted octanol–water partition coefficient (Wildman–Crippen LogP) is 8.56. The van der Waals surface area contributed by atoms with Gasteiger partial charge in [-0.15, -0.1) is 0 Å². The number of carbonyl (C=O) groups excluding carboxylic acids is 1. The molecule has 0 aliphatic rings. The highest BCUT2D eigenvalue weighted by Crippen LogP contribution is 2.37. The Balaban J connectivity index is 0.000000120. The maximum atomic E-state index is 11.2. The van der Waals surface area contributed by atoms with Gasteiger partial charge in [0.25, 0.3) is 0 Å². The lowest BCUT2D eigenvalue weighted by Crippen LogP contribution is -1.89. The van der Waals surface area contributed by atoms with Crippen LogP contribution in [0.2, 0.25) is 0 Å². The molecule has 0 unspecified atom stereocenters. The van der Waals surface area contributed by atoms with E-state index in [0.717, 1.165) is 28.3 Å². The number of hydrogen-bond acceptors (Lipinski definition) is 2. The van der Waals surface area contributed by atoms with Crippen molar-refractivity contribution in [2.75, 3.05) is 5.73 Å². The zero-order valence-electron chi connectivity index (χ0n) is 19.0. The normalized spacial score (nSPS) is 11.7. The standard InChI is InChI=1S/C17H10O.C16H11N/c18-10-14-7-6-13-5-4-11-2-1-3-12-8-9-15(14)17(13)16(11)12;17-14-9-7-12-5-4-10-2-1-3-11-6-8-13(14)16(12)15(10)11/h1-10H;1-9H,17H2. The Hall–Kier alpha value is -4.69. The Labute approximate surface area is 201 Å². The van der Waals surface area contributed by atoms with Gasteiger partial charge in [-0.2, -0.15) is 0 Å². The molecule has 0 atom stereocenters. The van der Waals surface area contributed by atoms with Crippen LogP contribution in [0.4, 0.5) is 5.69 Å². The third kappa shape index (κ3) is 2.87. The van der Waals surface area contributed by atoms with E-state index in [1.165, 1.54) is 53.9 Å².